The lowest BCUT2D eigenvalue weighted by atomic mass is 9.94. The van der Waals surface area contributed by atoms with Gasteiger partial charge in [0.2, 0.25) is 5.60 Å². The summed E-state index contributed by atoms with van der Waals surface area (Å²) in [6.07, 6.45) is 2.18. The van der Waals surface area contributed by atoms with E-state index >= 15 is 4.39 Å². The van der Waals surface area contributed by atoms with Crippen molar-refractivity contribution in [3.05, 3.63) is 18.1 Å². The molecule has 1 fully saturated rings. The van der Waals surface area contributed by atoms with Crippen molar-refractivity contribution in [1.82, 2.24) is 14.5 Å². The van der Waals surface area contributed by atoms with Crippen molar-refractivity contribution in [3.63, 3.8) is 0 Å². The van der Waals surface area contributed by atoms with E-state index in [-0.39, 0.29) is 22.4 Å². The number of aromatic nitrogens is 3. The molecule has 23 heteroatoms. The standard InChI is InChI=1S/C14H17FN5O14P3/c1-2-13(23)11(22)14(15,4-31-36(27,28)34-37(29,30)33-35(24,25)26)32-12(13)20-3-6(9(17)21)7-8(16)18-5-19-10(7)20/h1,3,5,11-12,22-23H,4H2,(H2,17,21)(H,27,28)(H,29,30)(H2,16,18,19)(H2,24,25,26). The Morgan fingerprint density at radius 3 is 2.41 bits per heavy atom. The third-order valence-electron chi connectivity index (χ3n) is 4.74. The number of anilines is 1. The molecular formula is C14H17FN5O14P3. The molecule has 19 nitrogen and oxygen atoms in total. The Bertz CT molecular complexity index is 1440. The number of amides is 1. The smallest absolute Gasteiger partial charge is 0.383 e. The Balaban J connectivity index is 1.95. The molecule has 204 valence electrons. The van der Waals surface area contributed by atoms with Crippen LogP contribution in [-0.4, -0.2) is 74.4 Å². The van der Waals surface area contributed by atoms with E-state index in [4.69, 9.17) is 32.4 Å². The molecule has 2 aromatic heterocycles. The van der Waals surface area contributed by atoms with Crippen LogP contribution in [0.2, 0.25) is 0 Å². The first-order chi connectivity index (χ1) is 16.8. The van der Waals surface area contributed by atoms with Gasteiger partial charge in [-0.3, -0.25) is 9.32 Å². The van der Waals surface area contributed by atoms with Crippen LogP contribution < -0.4 is 11.5 Å². The quantitative estimate of drug-likeness (QED) is 0.120. The molecule has 10 N–H and O–H groups in total. The number of phosphoric acid groups is 3. The fraction of sp³-hybridized carbons (Fsp3) is 0.357. The predicted molar refractivity (Wildman–Crippen MR) is 114 cm³/mol. The highest BCUT2D eigenvalue weighted by Gasteiger charge is 2.66. The zero-order valence-corrected chi connectivity index (χ0v) is 20.4. The number of carbonyl (C=O) groups excluding carboxylic acids is 1. The molecule has 3 rings (SSSR count). The number of nitrogen functional groups attached to an aromatic ring is 1. The normalized spacial score (nSPS) is 29.5. The average molecular weight is 591 g/mol. The molecule has 6 unspecified atom stereocenters. The van der Waals surface area contributed by atoms with E-state index in [9.17, 15) is 38.5 Å². The third-order valence-corrected chi connectivity index (χ3v) is 8.52. The predicted octanol–water partition coefficient (Wildman–Crippen LogP) is -1.62. The van der Waals surface area contributed by atoms with Crippen LogP contribution in [0.15, 0.2) is 12.5 Å². The van der Waals surface area contributed by atoms with Crippen LogP contribution in [-0.2, 0) is 31.6 Å². The minimum atomic E-state index is -5.95. The summed E-state index contributed by atoms with van der Waals surface area (Å²) < 4.78 is 66.6. The van der Waals surface area contributed by atoms with Crippen LogP contribution in [0.4, 0.5) is 10.2 Å². The Morgan fingerprint density at radius 1 is 1.24 bits per heavy atom. The number of nitrogens with two attached hydrogens (primary N) is 2. The van der Waals surface area contributed by atoms with E-state index in [1.54, 1.807) is 5.92 Å². The lowest BCUT2D eigenvalue weighted by molar-refractivity contribution is -0.203. The van der Waals surface area contributed by atoms with Crippen LogP contribution >= 0.6 is 23.5 Å². The number of phosphoric ester groups is 1. The van der Waals surface area contributed by atoms with Gasteiger partial charge in [0.25, 0.3) is 11.8 Å². The number of fused-ring (bicyclic) bond motifs is 1. The van der Waals surface area contributed by atoms with Gasteiger partial charge in [0, 0.05) is 6.20 Å². The fourth-order valence-electron chi connectivity index (χ4n) is 3.28. The van der Waals surface area contributed by atoms with Gasteiger partial charge in [0.05, 0.1) is 10.9 Å². The second kappa shape index (κ2) is 9.45. The van der Waals surface area contributed by atoms with Gasteiger partial charge in [-0.1, -0.05) is 5.92 Å². The Hall–Kier alpha value is -2.33. The van der Waals surface area contributed by atoms with E-state index in [0.29, 0.717) is 0 Å². The lowest BCUT2D eigenvalue weighted by Crippen LogP contribution is -2.50. The van der Waals surface area contributed by atoms with Crippen molar-refractivity contribution in [3.8, 4) is 12.3 Å². The van der Waals surface area contributed by atoms with Crippen molar-refractivity contribution in [2.24, 2.45) is 5.73 Å². The summed E-state index contributed by atoms with van der Waals surface area (Å²) in [5, 5.41) is 21.2. The zero-order valence-electron chi connectivity index (χ0n) is 17.8. The summed E-state index contributed by atoms with van der Waals surface area (Å²) in [5.41, 5.74) is 7.45. The number of ether oxygens (including phenoxy) is 1. The minimum Gasteiger partial charge on any atom is -0.383 e. The van der Waals surface area contributed by atoms with Crippen molar-refractivity contribution in [2.75, 3.05) is 12.3 Å². The Labute approximate surface area is 204 Å². The molecule has 0 spiro atoms. The summed E-state index contributed by atoms with van der Waals surface area (Å²) in [4.78, 5) is 55.2. The molecular weight excluding hydrogens is 574 g/mol. The molecule has 1 aliphatic heterocycles. The van der Waals surface area contributed by atoms with Crippen molar-refractivity contribution >= 4 is 46.2 Å². The van der Waals surface area contributed by atoms with E-state index in [1.807, 2.05) is 0 Å². The largest absolute Gasteiger partial charge is 0.490 e. The molecule has 1 saturated heterocycles. The van der Waals surface area contributed by atoms with Crippen LogP contribution in [0.5, 0.6) is 0 Å². The number of primary amides is 1. The summed E-state index contributed by atoms with van der Waals surface area (Å²) in [5.74, 6) is -3.30. The SMILES string of the molecule is C#CC1(O)C(n2cc(C(N)=O)c3c(N)ncnc32)OC(F)(COP(=O)(O)OP(=O)(O)OP(=O)(O)O)C1O. The van der Waals surface area contributed by atoms with Crippen LogP contribution in [0.3, 0.4) is 0 Å². The second-order valence-electron chi connectivity index (χ2n) is 7.26. The van der Waals surface area contributed by atoms with E-state index in [2.05, 4.69) is 23.1 Å². The summed E-state index contributed by atoms with van der Waals surface area (Å²) in [6, 6.07) is 0. The average Bonchev–Trinajstić information content (AvgIpc) is 3.21. The maximum Gasteiger partial charge on any atom is 0.490 e. The van der Waals surface area contributed by atoms with Crippen LogP contribution in [0.25, 0.3) is 11.0 Å². The minimum absolute atomic E-state index is 0.155. The fourth-order valence-corrected chi connectivity index (χ4v) is 6.32. The van der Waals surface area contributed by atoms with Gasteiger partial charge >= 0.3 is 23.5 Å². The summed E-state index contributed by atoms with van der Waals surface area (Å²) in [6.45, 7) is -1.84. The monoisotopic (exact) mass is 591 g/mol. The van der Waals surface area contributed by atoms with Gasteiger partial charge in [0.1, 0.15) is 24.4 Å². The summed E-state index contributed by atoms with van der Waals surface area (Å²) >= 11 is 0. The number of carbonyl (C=O) groups is 1. The topological polar surface area (TPSA) is 309 Å². The first-order valence-corrected chi connectivity index (χ1v) is 13.7. The Morgan fingerprint density at radius 2 is 1.86 bits per heavy atom. The molecule has 0 saturated carbocycles. The number of terminal acetylenes is 1. The maximum absolute atomic E-state index is 15.6. The number of hydrogen-bond acceptors (Lipinski definition) is 13. The lowest BCUT2D eigenvalue weighted by Gasteiger charge is -2.27. The number of alkyl halides is 1. The molecule has 3 heterocycles. The van der Waals surface area contributed by atoms with Gasteiger partial charge < -0.3 is 50.6 Å². The molecule has 1 aliphatic rings. The second-order valence-corrected chi connectivity index (χ2v) is 11.7. The van der Waals surface area contributed by atoms with E-state index in [1.165, 1.54) is 0 Å². The number of nitrogens with zero attached hydrogens (tertiary/aromatic N) is 3. The zero-order chi connectivity index (χ0) is 28.2. The van der Waals surface area contributed by atoms with E-state index < -0.39 is 59.8 Å². The van der Waals surface area contributed by atoms with Gasteiger partial charge in [-0.2, -0.15) is 8.62 Å². The number of aliphatic hydroxyl groups excluding tert-OH is 1. The number of halogens is 1. The molecule has 0 aliphatic carbocycles. The van der Waals surface area contributed by atoms with Gasteiger partial charge in [-0.25, -0.2) is 28.1 Å². The van der Waals surface area contributed by atoms with Crippen LogP contribution in [0, 0.1) is 12.3 Å². The summed E-state index contributed by atoms with van der Waals surface area (Å²) in [7, 11) is -17.5. The first kappa shape index (κ1) is 29.2. The number of hydrogen-bond donors (Lipinski definition) is 8. The molecule has 37 heavy (non-hydrogen) atoms. The van der Waals surface area contributed by atoms with Gasteiger partial charge in [-0.15, -0.1) is 6.42 Å². The molecule has 1 amide bonds. The van der Waals surface area contributed by atoms with E-state index in [0.717, 1.165) is 17.1 Å². The number of aliphatic hydroxyl groups is 2. The first-order valence-electron chi connectivity index (χ1n) is 9.19. The highest BCUT2D eigenvalue weighted by atomic mass is 31.3. The highest BCUT2D eigenvalue weighted by Crippen LogP contribution is 2.66. The molecule has 0 bridgehead atoms. The molecule has 6 atom stereocenters. The van der Waals surface area contributed by atoms with Crippen molar-refractivity contribution < 1.29 is 70.5 Å². The maximum atomic E-state index is 15.6. The Kier molecular flexibility index (Phi) is 7.46. The highest BCUT2D eigenvalue weighted by molar-refractivity contribution is 7.66. The van der Waals surface area contributed by atoms with Crippen molar-refractivity contribution in [1.29, 1.82) is 0 Å². The van der Waals surface area contributed by atoms with Crippen LogP contribution in [0.1, 0.15) is 16.6 Å². The van der Waals surface area contributed by atoms with Gasteiger partial charge in [0.15, 0.2) is 12.3 Å². The molecule has 0 radical (unpaired) electrons. The van der Waals surface area contributed by atoms with Crippen molar-refractivity contribution in [2.45, 2.75) is 23.8 Å². The number of rotatable bonds is 9. The molecule has 0 aromatic carbocycles. The molecule has 2 aromatic rings. The van der Waals surface area contributed by atoms with Gasteiger partial charge in [-0.05, 0) is 0 Å². The third kappa shape index (κ3) is 5.74.